The van der Waals surface area contributed by atoms with Gasteiger partial charge in [-0.05, 0) is 44.9 Å². The summed E-state index contributed by atoms with van der Waals surface area (Å²) in [6.07, 6.45) is 7.47. The fraction of sp³-hybridized carbons (Fsp3) is 0.833. The van der Waals surface area contributed by atoms with Crippen molar-refractivity contribution in [3.63, 3.8) is 0 Å². The van der Waals surface area contributed by atoms with E-state index in [2.05, 4.69) is 6.92 Å². The molecule has 1 aliphatic heterocycles. The van der Waals surface area contributed by atoms with E-state index in [0.29, 0.717) is 5.92 Å². The molecular weight excluding hydrogens is 294 g/mol. The average molecular weight is 321 g/mol. The van der Waals surface area contributed by atoms with E-state index in [1.807, 2.05) is 0 Å². The van der Waals surface area contributed by atoms with Gasteiger partial charge in [0.05, 0.1) is 11.8 Å². The first kappa shape index (κ1) is 16.5. The summed E-state index contributed by atoms with van der Waals surface area (Å²) in [6.45, 7) is 3.79. The van der Waals surface area contributed by atoms with Gasteiger partial charge in [0, 0.05) is 0 Å². The molecule has 0 radical (unpaired) electrons. The molecule has 5 atom stereocenters. The Kier molecular flexibility index (Phi) is 4.74. The molecule has 2 amide bonds. The Bertz CT molecular complexity index is 479. The Morgan fingerprint density at radius 1 is 1.04 bits per heavy atom. The van der Waals surface area contributed by atoms with Crippen molar-refractivity contribution in [3.8, 4) is 0 Å². The van der Waals surface area contributed by atoms with E-state index in [1.165, 1.54) is 11.3 Å². The second kappa shape index (κ2) is 6.62. The van der Waals surface area contributed by atoms with Gasteiger partial charge in [-0.25, -0.2) is 4.79 Å². The molecule has 3 fully saturated rings. The molecule has 3 rings (SSSR count). The van der Waals surface area contributed by atoms with Gasteiger partial charge in [-0.3, -0.25) is 14.5 Å². The van der Waals surface area contributed by atoms with Gasteiger partial charge in [-0.15, -0.1) is 0 Å². The Hall–Kier alpha value is -1.39. The highest BCUT2D eigenvalue weighted by molar-refractivity contribution is 6.07. The summed E-state index contributed by atoms with van der Waals surface area (Å²) in [7, 11) is 0. The highest BCUT2D eigenvalue weighted by Gasteiger charge is 2.51. The Balaban J connectivity index is 1.64. The van der Waals surface area contributed by atoms with Crippen LogP contribution in [-0.4, -0.2) is 34.8 Å². The van der Waals surface area contributed by atoms with Crippen LogP contribution >= 0.6 is 0 Å². The number of likely N-dealkylation sites (tertiary alicyclic amines) is 1. The quantitative estimate of drug-likeness (QED) is 0.592. The van der Waals surface area contributed by atoms with Gasteiger partial charge >= 0.3 is 5.97 Å². The van der Waals surface area contributed by atoms with E-state index in [0.717, 1.165) is 44.9 Å². The first-order chi connectivity index (χ1) is 11.0. The van der Waals surface area contributed by atoms with Gasteiger partial charge in [0.25, 0.3) is 0 Å². The molecule has 1 heterocycles. The number of imide groups is 1. The number of carbonyl (C=O) groups is 3. The molecule has 2 aliphatic carbocycles. The van der Waals surface area contributed by atoms with Crippen LogP contribution in [0.3, 0.4) is 0 Å². The van der Waals surface area contributed by atoms with Crippen molar-refractivity contribution in [2.24, 2.45) is 17.8 Å². The van der Waals surface area contributed by atoms with Crippen LogP contribution in [-0.2, 0) is 19.1 Å². The van der Waals surface area contributed by atoms with Crippen molar-refractivity contribution in [2.75, 3.05) is 0 Å². The molecule has 1 saturated heterocycles. The van der Waals surface area contributed by atoms with Crippen molar-refractivity contribution < 1.29 is 19.1 Å². The third kappa shape index (κ3) is 3.15. The van der Waals surface area contributed by atoms with Gasteiger partial charge in [0.2, 0.25) is 11.8 Å². The molecule has 3 aliphatic rings. The second-order valence-corrected chi connectivity index (χ2v) is 7.55. The fourth-order valence-corrected chi connectivity index (χ4v) is 4.42. The normalized spacial score (nSPS) is 35.8. The molecule has 0 aromatic heterocycles. The van der Waals surface area contributed by atoms with E-state index in [4.69, 9.17) is 4.74 Å². The molecule has 5 heteroatoms. The molecule has 0 aromatic rings. The number of esters is 1. The predicted octanol–water partition coefficient (Wildman–Crippen LogP) is 2.67. The number of fused-ring (bicyclic) bond motifs is 1. The molecule has 23 heavy (non-hydrogen) atoms. The predicted molar refractivity (Wildman–Crippen MR) is 84.3 cm³/mol. The molecule has 2 saturated carbocycles. The van der Waals surface area contributed by atoms with E-state index < -0.39 is 12.0 Å². The number of carbonyl (C=O) groups excluding carboxylic acids is 3. The van der Waals surface area contributed by atoms with Gasteiger partial charge < -0.3 is 4.74 Å². The van der Waals surface area contributed by atoms with Crippen LogP contribution in [0.15, 0.2) is 0 Å². The first-order valence-corrected chi connectivity index (χ1v) is 9.06. The Morgan fingerprint density at radius 2 is 1.65 bits per heavy atom. The lowest BCUT2D eigenvalue weighted by Gasteiger charge is -2.29. The van der Waals surface area contributed by atoms with Gasteiger partial charge in [0.1, 0.15) is 12.1 Å². The van der Waals surface area contributed by atoms with Gasteiger partial charge in [0.15, 0.2) is 0 Å². The summed E-state index contributed by atoms with van der Waals surface area (Å²) in [5, 5.41) is 0. The summed E-state index contributed by atoms with van der Waals surface area (Å²) in [5.41, 5.74) is 0. The van der Waals surface area contributed by atoms with E-state index in [1.54, 1.807) is 6.92 Å². The molecule has 0 bridgehead atoms. The molecule has 0 spiro atoms. The maximum atomic E-state index is 12.5. The number of hydrogen-bond acceptors (Lipinski definition) is 4. The van der Waals surface area contributed by atoms with Gasteiger partial charge in [-0.1, -0.05) is 26.2 Å². The van der Waals surface area contributed by atoms with Crippen molar-refractivity contribution >= 4 is 17.8 Å². The summed E-state index contributed by atoms with van der Waals surface area (Å²) in [4.78, 5) is 38.7. The maximum Gasteiger partial charge on any atom is 0.329 e. The van der Waals surface area contributed by atoms with Crippen LogP contribution in [0.25, 0.3) is 0 Å². The standard InChI is InChI=1S/C18H27NO4/c1-11-6-5-7-13(10-11)23-18(22)12(2)19-16(20)14-8-3-4-9-15(14)17(19)21/h11-15H,3-10H2,1-2H3. The van der Waals surface area contributed by atoms with Gasteiger partial charge in [-0.2, -0.15) is 0 Å². The second-order valence-electron chi connectivity index (χ2n) is 7.55. The van der Waals surface area contributed by atoms with Crippen molar-refractivity contribution in [3.05, 3.63) is 0 Å². The highest BCUT2D eigenvalue weighted by Crippen LogP contribution is 2.39. The van der Waals surface area contributed by atoms with Crippen LogP contribution in [0.2, 0.25) is 0 Å². The van der Waals surface area contributed by atoms with E-state index >= 15 is 0 Å². The van der Waals surface area contributed by atoms with Crippen LogP contribution in [0, 0.1) is 17.8 Å². The summed E-state index contributed by atoms with van der Waals surface area (Å²) < 4.78 is 5.60. The Morgan fingerprint density at radius 3 is 2.22 bits per heavy atom. The average Bonchev–Trinajstić information content (AvgIpc) is 2.79. The first-order valence-electron chi connectivity index (χ1n) is 9.06. The zero-order valence-electron chi connectivity index (χ0n) is 14.1. The Labute approximate surface area is 137 Å². The lowest BCUT2D eigenvalue weighted by molar-refractivity contribution is -0.163. The SMILES string of the molecule is CC1CCCC(OC(=O)C(C)N2C(=O)C3CCCCC3C2=O)C1. The minimum Gasteiger partial charge on any atom is -0.461 e. The zero-order chi connectivity index (χ0) is 16.6. The summed E-state index contributed by atoms with van der Waals surface area (Å²) in [5.74, 6) is -0.607. The number of amides is 2. The molecule has 5 unspecified atom stereocenters. The topological polar surface area (TPSA) is 63.7 Å². The van der Waals surface area contributed by atoms with Crippen LogP contribution < -0.4 is 0 Å². The number of nitrogens with zero attached hydrogens (tertiary/aromatic N) is 1. The highest BCUT2D eigenvalue weighted by atomic mass is 16.5. The van der Waals surface area contributed by atoms with Crippen LogP contribution in [0.5, 0.6) is 0 Å². The number of hydrogen-bond donors (Lipinski definition) is 0. The third-order valence-corrected chi connectivity index (χ3v) is 5.77. The van der Waals surface area contributed by atoms with Crippen molar-refractivity contribution in [1.29, 1.82) is 0 Å². The van der Waals surface area contributed by atoms with Crippen LogP contribution in [0.4, 0.5) is 0 Å². The largest absolute Gasteiger partial charge is 0.461 e. The lowest BCUT2D eigenvalue weighted by atomic mass is 9.81. The number of rotatable bonds is 3. The monoisotopic (exact) mass is 321 g/mol. The summed E-state index contributed by atoms with van der Waals surface area (Å²) >= 11 is 0. The minimum atomic E-state index is -0.794. The fourth-order valence-electron chi connectivity index (χ4n) is 4.42. The lowest BCUT2D eigenvalue weighted by Crippen LogP contribution is -2.45. The van der Waals surface area contributed by atoms with E-state index in [-0.39, 0.29) is 29.8 Å². The molecular formula is C18H27NO4. The van der Waals surface area contributed by atoms with E-state index in [9.17, 15) is 14.4 Å². The van der Waals surface area contributed by atoms with Crippen molar-refractivity contribution in [1.82, 2.24) is 4.90 Å². The van der Waals surface area contributed by atoms with Crippen molar-refractivity contribution in [2.45, 2.75) is 77.4 Å². The number of ether oxygens (including phenoxy) is 1. The molecule has 5 nitrogen and oxygen atoms in total. The maximum absolute atomic E-state index is 12.5. The van der Waals surface area contributed by atoms with Crippen LogP contribution in [0.1, 0.15) is 65.2 Å². The minimum absolute atomic E-state index is 0.0659. The molecule has 0 N–H and O–H groups in total. The molecule has 128 valence electrons. The smallest absolute Gasteiger partial charge is 0.329 e. The molecule has 0 aromatic carbocycles. The zero-order valence-corrected chi connectivity index (χ0v) is 14.1. The summed E-state index contributed by atoms with van der Waals surface area (Å²) in [6, 6.07) is -0.794. The third-order valence-electron chi connectivity index (χ3n) is 5.77.